The third-order valence-electron chi connectivity index (χ3n) is 12.9. The minimum Gasteiger partial charge on any atom is -0.0619 e. The smallest absolute Gasteiger partial charge is 0.0158 e. The van der Waals surface area contributed by atoms with E-state index in [2.05, 4.69) is 198 Å². The summed E-state index contributed by atoms with van der Waals surface area (Å²) in [4.78, 5) is 0. The zero-order chi connectivity index (χ0) is 36.3. The number of hydrogen-bond donors (Lipinski definition) is 0. The summed E-state index contributed by atoms with van der Waals surface area (Å²) in [6.45, 7) is 9.57. The maximum Gasteiger partial charge on any atom is 0.0158 e. The molecule has 0 heteroatoms. The van der Waals surface area contributed by atoms with Crippen molar-refractivity contribution in [2.45, 2.75) is 38.5 Å². The maximum absolute atomic E-state index is 2.53. The van der Waals surface area contributed by atoms with Gasteiger partial charge in [0.2, 0.25) is 0 Å². The molecule has 9 aromatic rings. The third kappa shape index (κ3) is 4.26. The first-order valence-corrected chi connectivity index (χ1v) is 19.3. The fraction of sp³-hybridized carbons (Fsp3) is 0.111. The van der Waals surface area contributed by atoms with Crippen LogP contribution in [0.4, 0.5) is 0 Å². The molecule has 0 saturated heterocycles. The van der Waals surface area contributed by atoms with Gasteiger partial charge in [-0.1, -0.05) is 179 Å². The van der Waals surface area contributed by atoms with E-state index in [4.69, 9.17) is 0 Å². The van der Waals surface area contributed by atoms with Crippen molar-refractivity contribution in [2.75, 3.05) is 0 Å². The Morgan fingerprint density at radius 1 is 0.278 bits per heavy atom. The lowest BCUT2D eigenvalue weighted by atomic mass is 9.77. The Morgan fingerprint density at radius 3 is 1.48 bits per heavy atom. The highest BCUT2D eigenvalue weighted by atomic mass is 14.4. The van der Waals surface area contributed by atoms with Gasteiger partial charge < -0.3 is 0 Å². The van der Waals surface area contributed by atoms with Gasteiger partial charge in [-0.2, -0.15) is 0 Å². The van der Waals surface area contributed by atoms with Crippen molar-refractivity contribution in [1.29, 1.82) is 0 Å². The number of benzene rings is 9. The molecule has 0 bridgehead atoms. The molecule has 0 atom stereocenters. The summed E-state index contributed by atoms with van der Waals surface area (Å²) in [5, 5.41) is 7.65. The Morgan fingerprint density at radius 2 is 0.759 bits per heavy atom. The lowest BCUT2D eigenvalue weighted by molar-refractivity contribution is 0.639. The van der Waals surface area contributed by atoms with Crippen LogP contribution in [0.3, 0.4) is 0 Å². The highest BCUT2D eigenvalue weighted by Crippen LogP contribution is 2.56. The summed E-state index contributed by atoms with van der Waals surface area (Å²) in [5.74, 6) is 0. The molecule has 0 aromatic heterocycles. The highest BCUT2D eigenvalue weighted by molar-refractivity contribution is 6.23. The van der Waals surface area contributed by atoms with Gasteiger partial charge in [0, 0.05) is 10.8 Å². The zero-order valence-electron chi connectivity index (χ0n) is 31.2. The van der Waals surface area contributed by atoms with Crippen molar-refractivity contribution in [3.8, 4) is 55.6 Å². The van der Waals surface area contributed by atoms with E-state index in [-0.39, 0.29) is 10.8 Å². The molecule has 0 aliphatic heterocycles. The molecule has 0 spiro atoms. The molecule has 0 heterocycles. The SMILES string of the molecule is CC1(C)c2ccccc2-c2cc3c(cc21)C(C)(C)c1ccc(-c2cccc(-c4c5ccccc5c(-c5cccc6ccccc56)c5ccccc45)c2)cc1-3. The van der Waals surface area contributed by atoms with Crippen LogP contribution in [0.2, 0.25) is 0 Å². The Kier molecular flexibility index (Phi) is 6.46. The largest absolute Gasteiger partial charge is 0.0619 e. The summed E-state index contributed by atoms with van der Waals surface area (Å²) in [5.41, 5.74) is 18.7. The molecule has 2 aliphatic rings. The first-order valence-electron chi connectivity index (χ1n) is 19.3. The molecular weight excluding hydrogens is 649 g/mol. The summed E-state index contributed by atoms with van der Waals surface area (Å²) in [6, 6.07) is 63.9. The topological polar surface area (TPSA) is 0 Å². The van der Waals surface area contributed by atoms with Crippen LogP contribution < -0.4 is 0 Å². The van der Waals surface area contributed by atoms with Gasteiger partial charge >= 0.3 is 0 Å². The van der Waals surface area contributed by atoms with Crippen molar-refractivity contribution >= 4 is 32.3 Å². The fourth-order valence-corrected chi connectivity index (χ4v) is 10.2. The third-order valence-corrected chi connectivity index (χ3v) is 12.9. The minimum atomic E-state index is -0.0748. The Labute approximate surface area is 317 Å². The second-order valence-corrected chi connectivity index (χ2v) is 16.4. The molecule has 0 unspecified atom stereocenters. The van der Waals surface area contributed by atoms with Gasteiger partial charge in [0.05, 0.1) is 0 Å². The fourth-order valence-electron chi connectivity index (χ4n) is 10.2. The van der Waals surface area contributed by atoms with Gasteiger partial charge in [-0.05, 0) is 128 Å². The van der Waals surface area contributed by atoms with Crippen LogP contribution in [0, 0.1) is 0 Å². The van der Waals surface area contributed by atoms with E-state index in [0.717, 1.165) is 0 Å². The van der Waals surface area contributed by atoms with E-state index >= 15 is 0 Å². The van der Waals surface area contributed by atoms with Crippen molar-refractivity contribution in [2.24, 2.45) is 0 Å². The molecule has 9 aromatic carbocycles. The molecule has 0 nitrogen and oxygen atoms in total. The van der Waals surface area contributed by atoms with Crippen LogP contribution in [-0.4, -0.2) is 0 Å². The van der Waals surface area contributed by atoms with Gasteiger partial charge in [0.15, 0.2) is 0 Å². The van der Waals surface area contributed by atoms with Gasteiger partial charge in [-0.15, -0.1) is 0 Å². The van der Waals surface area contributed by atoms with Crippen molar-refractivity contribution in [3.05, 3.63) is 192 Å². The van der Waals surface area contributed by atoms with Crippen LogP contribution in [0.5, 0.6) is 0 Å². The van der Waals surface area contributed by atoms with E-state index < -0.39 is 0 Å². The standard InChI is InChI=1S/C54H40/c1-53(2)47-26-12-11-20-38(47)45-31-46-44-30-35(27-28-48(44)54(3,4)50(46)32-49(45)53)34-17-13-18-36(29-34)51-40-21-7-9-23-42(40)52(43-24-10-8-22-41(43)51)39-25-14-16-33-15-5-6-19-37(33)39/h5-32H,1-4H3. The van der Waals surface area contributed by atoms with Gasteiger partial charge in [0.1, 0.15) is 0 Å². The Balaban J connectivity index is 1.09. The molecule has 11 rings (SSSR count). The minimum absolute atomic E-state index is 0.0150. The number of fused-ring (bicyclic) bond motifs is 9. The Hall–Kier alpha value is -6.24. The lowest BCUT2D eigenvalue weighted by Crippen LogP contribution is -2.18. The Bertz CT molecular complexity index is 2980. The number of hydrogen-bond acceptors (Lipinski definition) is 0. The van der Waals surface area contributed by atoms with Crippen LogP contribution in [-0.2, 0) is 10.8 Å². The van der Waals surface area contributed by atoms with Crippen LogP contribution in [0.15, 0.2) is 170 Å². The van der Waals surface area contributed by atoms with Gasteiger partial charge in [-0.25, -0.2) is 0 Å². The van der Waals surface area contributed by atoms with Crippen LogP contribution in [0.25, 0.3) is 88.0 Å². The van der Waals surface area contributed by atoms with Crippen molar-refractivity contribution < 1.29 is 0 Å². The second kappa shape index (κ2) is 11.1. The van der Waals surface area contributed by atoms with E-state index in [1.165, 1.54) is 110 Å². The van der Waals surface area contributed by atoms with E-state index in [9.17, 15) is 0 Å². The van der Waals surface area contributed by atoms with Crippen LogP contribution in [0.1, 0.15) is 49.9 Å². The maximum atomic E-state index is 2.53. The molecule has 0 radical (unpaired) electrons. The molecule has 0 fully saturated rings. The molecule has 0 amide bonds. The van der Waals surface area contributed by atoms with E-state index in [0.29, 0.717) is 0 Å². The summed E-state index contributed by atoms with van der Waals surface area (Å²) < 4.78 is 0. The first kappa shape index (κ1) is 31.3. The van der Waals surface area contributed by atoms with E-state index in [1.807, 2.05) is 0 Å². The summed E-state index contributed by atoms with van der Waals surface area (Å²) in [7, 11) is 0. The monoisotopic (exact) mass is 688 g/mol. The second-order valence-electron chi connectivity index (χ2n) is 16.4. The summed E-state index contributed by atoms with van der Waals surface area (Å²) >= 11 is 0. The predicted molar refractivity (Wildman–Crippen MR) is 230 cm³/mol. The van der Waals surface area contributed by atoms with Gasteiger partial charge in [-0.3, -0.25) is 0 Å². The number of rotatable bonds is 3. The first-order chi connectivity index (χ1) is 26.3. The average molecular weight is 689 g/mol. The lowest BCUT2D eigenvalue weighted by Gasteiger charge is -2.25. The average Bonchev–Trinajstić information content (AvgIpc) is 3.57. The normalized spacial score (nSPS) is 14.6. The molecule has 2 aliphatic carbocycles. The van der Waals surface area contributed by atoms with Crippen LogP contribution >= 0.6 is 0 Å². The molecule has 0 N–H and O–H groups in total. The van der Waals surface area contributed by atoms with Crippen molar-refractivity contribution in [3.63, 3.8) is 0 Å². The van der Waals surface area contributed by atoms with E-state index in [1.54, 1.807) is 0 Å². The molecule has 256 valence electrons. The highest BCUT2D eigenvalue weighted by Gasteiger charge is 2.41. The molecule has 54 heavy (non-hydrogen) atoms. The zero-order valence-corrected chi connectivity index (χ0v) is 31.2. The quantitative estimate of drug-likeness (QED) is 0.162. The molecular formula is C54H40. The van der Waals surface area contributed by atoms with Gasteiger partial charge in [0.25, 0.3) is 0 Å². The molecule has 0 saturated carbocycles. The predicted octanol–water partition coefficient (Wildman–Crippen LogP) is 14.8. The summed E-state index contributed by atoms with van der Waals surface area (Å²) in [6.07, 6.45) is 0. The van der Waals surface area contributed by atoms with Crippen molar-refractivity contribution in [1.82, 2.24) is 0 Å².